The first-order chi connectivity index (χ1) is 9.47. The van der Waals surface area contributed by atoms with Gasteiger partial charge in [-0.3, -0.25) is 4.79 Å². The number of aromatic nitrogens is 1. The SMILES string of the molecule is Cc1ccc(C(C)Nc2ccc(C(=O)N(C)C)cn2)s1. The lowest BCUT2D eigenvalue weighted by molar-refractivity contribution is 0.0827. The molecule has 0 bridgehead atoms. The minimum absolute atomic E-state index is 0.0361. The zero-order chi connectivity index (χ0) is 14.7. The topological polar surface area (TPSA) is 45.2 Å². The average Bonchev–Trinajstić information content (AvgIpc) is 2.85. The largest absolute Gasteiger partial charge is 0.363 e. The summed E-state index contributed by atoms with van der Waals surface area (Å²) in [7, 11) is 3.46. The Hall–Kier alpha value is -1.88. The molecule has 20 heavy (non-hydrogen) atoms. The van der Waals surface area contributed by atoms with E-state index < -0.39 is 0 Å². The smallest absolute Gasteiger partial charge is 0.254 e. The van der Waals surface area contributed by atoms with Gasteiger partial charge in [0.2, 0.25) is 0 Å². The van der Waals surface area contributed by atoms with Gasteiger partial charge in [0, 0.05) is 30.0 Å². The van der Waals surface area contributed by atoms with Gasteiger partial charge < -0.3 is 10.2 Å². The van der Waals surface area contributed by atoms with Crippen LogP contribution in [0.3, 0.4) is 0 Å². The van der Waals surface area contributed by atoms with Gasteiger partial charge in [0.1, 0.15) is 5.82 Å². The van der Waals surface area contributed by atoms with E-state index in [1.807, 2.05) is 6.07 Å². The van der Waals surface area contributed by atoms with Crippen LogP contribution in [-0.4, -0.2) is 29.9 Å². The third-order valence-electron chi connectivity index (χ3n) is 2.97. The zero-order valence-electron chi connectivity index (χ0n) is 12.2. The number of hydrogen-bond acceptors (Lipinski definition) is 4. The van der Waals surface area contributed by atoms with E-state index in [0.29, 0.717) is 5.56 Å². The molecule has 2 rings (SSSR count). The van der Waals surface area contributed by atoms with E-state index in [2.05, 4.69) is 36.3 Å². The van der Waals surface area contributed by atoms with Crippen LogP contribution in [0.2, 0.25) is 0 Å². The van der Waals surface area contributed by atoms with Crippen molar-refractivity contribution >= 4 is 23.1 Å². The summed E-state index contributed by atoms with van der Waals surface area (Å²) < 4.78 is 0. The van der Waals surface area contributed by atoms with Crippen LogP contribution < -0.4 is 5.32 Å². The molecular formula is C15H19N3OS. The zero-order valence-corrected chi connectivity index (χ0v) is 13.0. The standard InChI is InChI=1S/C15H19N3OS/c1-10-5-7-13(20-10)11(2)17-14-8-6-12(9-16-14)15(19)18(3)4/h5-9,11H,1-4H3,(H,16,17). The maximum atomic E-state index is 11.8. The molecule has 0 radical (unpaired) electrons. The minimum Gasteiger partial charge on any atom is -0.363 e. The highest BCUT2D eigenvalue weighted by atomic mass is 32.1. The fourth-order valence-corrected chi connectivity index (χ4v) is 2.72. The van der Waals surface area contributed by atoms with Gasteiger partial charge in [0.25, 0.3) is 5.91 Å². The monoisotopic (exact) mass is 289 g/mol. The van der Waals surface area contributed by atoms with Crippen LogP contribution >= 0.6 is 11.3 Å². The molecule has 1 amide bonds. The van der Waals surface area contributed by atoms with Crippen LogP contribution in [-0.2, 0) is 0 Å². The molecule has 0 saturated heterocycles. The van der Waals surface area contributed by atoms with Crippen molar-refractivity contribution < 1.29 is 4.79 Å². The van der Waals surface area contributed by atoms with E-state index in [1.54, 1.807) is 42.6 Å². The van der Waals surface area contributed by atoms with Crippen molar-refractivity contribution in [3.63, 3.8) is 0 Å². The normalized spacial score (nSPS) is 12.0. The highest BCUT2D eigenvalue weighted by molar-refractivity contribution is 7.12. The Kier molecular flexibility index (Phi) is 4.39. The third kappa shape index (κ3) is 3.36. The number of rotatable bonds is 4. The summed E-state index contributed by atoms with van der Waals surface area (Å²) in [6, 6.07) is 8.08. The quantitative estimate of drug-likeness (QED) is 0.939. The molecule has 106 valence electrons. The number of aryl methyl sites for hydroxylation is 1. The molecule has 0 aliphatic heterocycles. The van der Waals surface area contributed by atoms with Crippen LogP contribution in [0.25, 0.3) is 0 Å². The van der Waals surface area contributed by atoms with E-state index in [9.17, 15) is 4.79 Å². The van der Waals surface area contributed by atoms with E-state index in [-0.39, 0.29) is 11.9 Å². The number of nitrogens with one attached hydrogen (secondary N) is 1. The van der Waals surface area contributed by atoms with Gasteiger partial charge >= 0.3 is 0 Å². The molecule has 1 N–H and O–H groups in total. The second kappa shape index (κ2) is 6.05. The Morgan fingerprint density at radius 1 is 1.30 bits per heavy atom. The van der Waals surface area contributed by atoms with Gasteiger partial charge in [-0.2, -0.15) is 0 Å². The van der Waals surface area contributed by atoms with Crippen LogP contribution in [0.15, 0.2) is 30.5 Å². The van der Waals surface area contributed by atoms with Crippen molar-refractivity contribution in [1.29, 1.82) is 0 Å². The number of nitrogens with zero attached hydrogens (tertiary/aromatic N) is 2. The number of hydrogen-bond donors (Lipinski definition) is 1. The van der Waals surface area contributed by atoms with Gasteiger partial charge in [-0.25, -0.2) is 4.98 Å². The lowest BCUT2D eigenvalue weighted by Crippen LogP contribution is -2.21. The van der Waals surface area contributed by atoms with Crippen LogP contribution in [0, 0.1) is 6.92 Å². The number of thiophene rings is 1. The van der Waals surface area contributed by atoms with Crippen molar-refractivity contribution in [3.8, 4) is 0 Å². The highest BCUT2D eigenvalue weighted by Gasteiger charge is 2.10. The van der Waals surface area contributed by atoms with Crippen molar-refractivity contribution in [3.05, 3.63) is 45.8 Å². The summed E-state index contributed by atoms with van der Waals surface area (Å²) in [5.74, 6) is 0.741. The van der Waals surface area contributed by atoms with Crippen molar-refractivity contribution in [2.24, 2.45) is 0 Å². The molecule has 1 unspecified atom stereocenters. The molecule has 2 aromatic rings. The first kappa shape index (κ1) is 14.5. The minimum atomic E-state index is -0.0361. The van der Waals surface area contributed by atoms with E-state index >= 15 is 0 Å². The van der Waals surface area contributed by atoms with Crippen molar-refractivity contribution in [1.82, 2.24) is 9.88 Å². The summed E-state index contributed by atoms with van der Waals surface area (Å²) in [5.41, 5.74) is 0.597. The van der Waals surface area contributed by atoms with E-state index in [0.717, 1.165) is 5.82 Å². The Balaban J connectivity index is 2.05. The molecule has 2 heterocycles. The molecule has 0 aliphatic rings. The molecule has 4 nitrogen and oxygen atoms in total. The van der Waals surface area contributed by atoms with Crippen LogP contribution in [0.4, 0.5) is 5.82 Å². The summed E-state index contributed by atoms with van der Waals surface area (Å²) in [4.78, 5) is 20.2. The maximum Gasteiger partial charge on any atom is 0.254 e. The lowest BCUT2D eigenvalue weighted by Gasteiger charge is -2.14. The van der Waals surface area contributed by atoms with E-state index in [1.165, 1.54) is 9.75 Å². The summed E-state index contributed by atoms with van der Waals surface area (Å²) in [6.45, 7) is 4.20. The van der Waals surface area contributed by atoms with Gasteiger partial charge in [-0.1, -0.05) is 0 Å². The second-order valence-electron chi connectivity index (χ2n) is 4.95. The van der Waals surface area contributed by atoms with Crippen molar-refractivity contribution in [2.75, 3.05) is 19.4 Å². The fourth-order valence-electron chi connectivity index (χ4n) is 1.84. The lowest BCUT2D eigenvalue weighted by atomic mass is 10.2. The first-order valence-corrected chi connectivity index (χ1v) is 7.29. The Bertz CT molecular complexity index is 589. The molecule has 0 saturated carbocycles. The molecule has 0 fully saturated rings. The summed E-state index contributed by atoms with van der Waals surface area (Å²) in [6.07, 6.45) is 1.61. The average molecular weight is 289 g/mol. The molecule has 0 spiro atoms. The summed E-state index contributed by atoms with van der Waals surface area (Å²) >= 11 is 1.78. The Labute approximate surface area is 123 Å². The van der Waals surface area contributed by atoms with Gasteiger partial charge in [-0.15, -0.1) is 11.3 Å². The number of carbonyl (C=O) groups excluding carboxylic acids is 1. The molecule has 5 heteroatoms. The molecule has 2 aromatic heterocycles. The number of pyridine rings is 1. The first-order valence-electron chi connectivity index (χ1n) is 6.48. The Morgan fingerprint density at radius 2 is 2.05 bits per heavy atom. The Morgan fingerprint density at radius 3 is 2.55 bits per heavy atom. The molecule has 0 aromatic carbocycles. The predicted molar refractivity (Wildman–Crippen MR) is 83.3 cm³/mol. The predicted octanol–water partition coefficient (Wildman–Crippen LogP) is 3.33. The number of anilines is 1. The third-order valence-corrected chi connectivity index (χ3v) is 4.15. The van der Waals surface area contributed by atoms with E-state index in [4.69, 9.17) is 0 Å². The van der Waals surface area contributed by atoms with Crippen molar-refractivity contribution in [2.45, 2.75) is 19.9 Å². The molecular weight excluding hydrogens is 270 g/mol. The van der Waals surface area contributed by atoms with Gasteiger partial charge in [0.05, 0.1) is 11.6 Å². The summed E-state index contributed by atoms with van der Waals surface area (Å²) in [5, 5.41) is 3.34. The van der Waals surface area contributed by atoms with Gasteiger partial charge in [0.15, 0.2) is 0 Å². The number of carbonyl (C=O) groups is 1. The fraction of sp³-hybridized carbons (Fsp3) is 0.333. The molecule has 0 aliphatic carbocycles. The van der Waals surface area contributed by atoms with Crippen LogP contribution in [0.1, 0.15) is 33.1 Å². The maximum absolute atomic E-state index is 11.8. The molecule has 1 atom stereocenters. The second-order valence-corrected chi connectivity index (χ2v) is 6.27. The van der Waals surface area contributed by atoms with Crippen LogP contribution in [0.5, 0.6) is 0 Å². The number of amides is 1. The van der Waals surface area contributed by atoms with Gasteiger partial charge in [-0.05, 0) is 38.1 Å². The highest BCUT2D eigenvalue weighted by Crippen LogP contribution is 2.25.